The first-order chi connectivity index (χ1) is 17.8. The lowest BCUT2D eigenvalue weighted by Gasteiger charge is -2.24. The molecule has 202 valence electrons. The third kappa shape index (κ3) is 5.91. The van der Waals surface area contributed by atoms with Crippen LogP contribution in [0.5, 0.6) is 11.6 Å². The van der Waals surface area contributed by atoms with E-state index >= 15 is 0 Å². The Morgan fingerprint density at radius 2 is 2.08 bits per heavy atom. The van der Waals surface area contributed by atoms with Crippen LogP contribution in [0.4, 0.5) is 4.39 Å². The normalized spacial score (nSPS) is 16.9. The molecule has 1 fully saturated rings. The van der Waals surface area contributed by atoms with Gasteiger partial charge in [0.1, 0.15) is 18.2 Å². The number of carboxylic acid groups (broad SMARTS) is 1. The monoisotopic (exact) mass is 555 g/mol. The van der Waals surface area contributed by atoms with Crippen LogP contribution >= 0.6 is 24.8 Å². The van der Waals surface area contributed by atoms with Crippen LogP contribution < -0.4 is 9.47 Å². The molecule has 0 radical (unpaired) electrons. The van der Waals surface area contributed by atoms with Crippen molar-refractivity contribution in [2.75, 3.05) is 7.11 Å². The fourth-order valence-corrected chi connectivity index (χ4v) is 6.46. The Hall–Kier alpha value is -2.84. The number of ether oxygens (including phenoxy) is 2. The first kappa shape index (κ1) is 28.2. The van der Waals surface area contributed by atoms with Crippen LogP contribution in [0, 0.1) is 17.2 Å². The Bertz CT molecular complexity index is 1350. The summed E-state index contributed by atoms with van der Waals surface area (Å²) >= 11 is 1.50. The van der Waals surface area contributed by atoms with E-state index in [1.807, 2.05) is 29.6 Å². The first-order valence-corrected chi connectivity index (χ1v) is 13.6. The topological polar surface area (TPSA) is 68.7 Å². The van der Waals surface area contributed by atoms with Crippen LogP contribution in [0.25, 0.3) is 16.0 Å². The number of pyridine rings is 1. The Balaban J connectivity index is 0.00000336. The van der Waals surface area contributed by atoms with Crippen LogP contribution in [-0.2, 0) is 11.4 Å². The van der Waals surface area contributed by atoms with Gasteiger partial charge in [0.05, 0.1) is 19.7 Å². The molecule has 2 aliphatic rings. The van der Waals surface area contributed by atoms with Crippen molar-refractivity contribution in [1.82, 2.24) is 4.98 Å². The summed E-state index contributed by atoms with van der Waals surface area (Å²) < 4.78 is 26.5. The van der Waals surface area contributed by atoms with Gasteiger partial charge in [-0.3, -0.25) is 4.79 Å². The van der Waals surface area contributed by atoms with Gasteiger partial charge >= 0.3 is 5.97 Å². The molecule has 8 heteroatoms. The molecule has 0 bridgehead atoms. The lowest BCUT2D eigenvalue weighted by Crippen LogP contribution is -2.11. The molecule has 5 nitrogen and oxygen atoms in total. The second-order valence-electron chi connectivity index (χ2n) is 10.6. The zero-order valence-electron chi connectivity index (χ0n) is 21.9. The smallest absolute Gasteiger partial charge is 0.303 e. The molecule has 1 atom stereocenters. The summed E-state index contributed by atoms with van der Waals surface area (Å²) in [6.45, 7) is 4.79. The molecule has 0 amide bonds. The number of hydrogen-bond donors (Lipinski definition) is 1. The molecule has 1 saturated carbocycles. The largest absolute Gasteiger partial charge is 0.489 e. The van der Waals surface area contributed by atoms with Gasteiger partial charge in [0.15, 0.2) is 0 Å². The van der Waals surface area contributed by atoms with E-state index in [0.29, 0.717) is 29.7 Å². The predicted octanol–water partition coefficient (Wildman–Crippen LogP) is 7.82. The van der Waals surface area contributed by atoms with Crippen LogP contribution in [0.1, 0.15) is 68.6 Å². The SMILES string of the molecule is COc1cc(-c2scc(COc3cccc([C@@H](CC(=O)O)C4CC4)c3)c2C2=CCCC2(C)C)c(F)cn1.S. The number of carboxylic acids is 1. The second kappa shape index (κ2) is 11.5. The van der Waals surface area contributed by atoms with Crippen LogP contribution in [0.2, 0.25) is 0 Å². The Morgan fingerprint density at radius 3 is 2.74 bits per heavy atom. The van der Waals surface area contributed by atoms with Crippen LogP contribution in [0.3, 0.4) is 0 Å². The summed E-state index contributed by atoms with van der Waals surface area (Å²) in [6, 6.07) is 9.47. The summed E-state index contributed by atoms with van der Waals surface area (Å²) in [5.74, 6) is 0.371. The van der Waals surface area contributed by atoms with Gasteiger partial charge in [-0.2, -0.15) is 13.5 Å². The van der Waals surface area contributed by atoms with Crippen molar-refractivity contribution < 1.29 is 23.8 Å². The van der Waals surface area contributed by atoms with E-state index in [2.05, 4.69) is 24.9 Å². The molecule has 0 saturated heterocycles. The zero-order valence-corrected chi connectivity index (χ0v) is 23.7. The average Bonchev–Trinajstić information content (AvgIpc) is 3.54. The predicted molar refractivity (Wildman–Crippen MR) is 154 cm³/mol. The molecule has 0 aliphatic heterocycles. The number of thiophene rings is 1. The maximum absolute atomic E-state index is 15.0. The standard InChI is InChI=1S/C30H32FNO4S.H2S/c1-30(2)11-5-8-24(30)28-20(17-37-29(28)23-13-26(35-3)32-15-25(23)31)16-36-21-7-4-6-19(12-21)22(14-27(33)34)18-9-10-18;/h4,6-8,12-13,15,17-18,22H,5,9-11,14,16H2,1-3H3,(H,33,34);1H2/t22-;/m0./s1. The summed E-state index contributed by atoms with van der Waals surface area (Å²) in [4.78, 5) is 16.3. The molecule has 38 heavy (non-hydrogen) atoms. The lowest BCUT2D eigenvalue weighted by molar-refractivity contribution is -0.137. The Labute approximate surface area is 234 Å². The first-order valence-electron chi connectivity index (χ1n) is 12.7. The van der Waals surface area contributed by atoms with Gasteiger partial charge in [0.25, 0.3) is 0 Å². The van der Waals surface area contributed by atoms with Crippen molar-refractivity contribution in [2.24, 2.45) is 11.3 Å². The highest BCUT2D eigenvalue weighted by Gasteiger charge is 2.35. The average molecular weight is 556 g/mol. The van der Waals surface area contributed by atoms with Gasteiger partial charge in [-0.15, -0.1) is 11.3 Å². The molecule has 1 aromatic carbocycles. The summed E-state index contributed by atoms with van der Waals surface area (Å²) in [5, 5.41) is 11.4. The number of aliphatic carboxylic acids is 1. The highest BCUT2D eigenvalue weighted by molar-refractivity contribution is 7.59. The fraction of sp³-hybridized carbons (Fsp3) is 0.400. The summed E-state index contributed by atoms with van der Waals surface area (Å²) in [5.41, 5.74) is 4.70. The van der Waals surface area contributed by atoms with Crippen molar-refractivity contribution in [3.8, 4) is 22.1 Å². The molecular weight excluding hydrogens is 521 g/mol. The zero-order chi connectivity index (χ0) is 26.2. The maximum Gasteiger partial charge on any atom is 0.303 e. The van der Waals surface area contributed by atoms with Gasteiger partial charge in [-0.1, -0.05) is 32.1 Å². The van der Waals surface area contributed by atoms with E-state index in [1.165, 1.54) is 30.2 Å². The molecule has 2 aromatic heterocycles. The van der Waals surface area contributed by atoms with Crippen LogP contribution in [-0.4, -0.2) is 23.2 Å². The summed E-state index contributed by atoms with van der Waals surface area (Å²) in [6.07, 6.45) is 7.77. The van der Waals surface area contributed by atoms with E-state index in [1.54, 1.807) is 6.07 Å². The highest BCUT2D eigenvalue weighted by Crippen LogP contribution is 2.50. The van der Waals surface area contributed by atoms with Crippen molar-refractivity contribution in [3.63, 3.8) is 0 Å². The van der Waals surface area contributed by atoms with Gasteiger partial charge in [-0.25, -0.2) is 9.37 Å². The molecule has 2 aliphatic carbocycles. The number of rotatable bonds is 10. The number of benzene rings is 1. The van der Waals surface area contributed by atoms with E-state index in [0.717, 1.165) is 47.3 Å². The number of halogens is 1. The molecular formula is C30H34FNO4S2. The number of carbonyl (C=O) groups is 1. The van der Waals surface area contributed by atoms with Gasteiger partial charge in [-0.05, 0) is 71.6 Å². The molecule has 5 rings (SSSR count). The Kier molecular flexibility index (Phi) is 8.52. The third-order valence-electron chi connectivity index (χ3n) is 7.53. The number of hydrogen-bond acceptors (Lipinski definition) is 5. The maximum atomic E-state index is 15.0. The number of allylic oxidation sites excluding steroid dienone is 2. The molecule has 2 heterocycles. The minimum Gasteiger partial charge on any atom is -0.489 e. The minimum atomic E-state index is -0.772. The van der Waals surface area contributed by atoms with Crippen LogP contribution in [0.15, 0.2) is 48.0 Å². The number of nitrogens with zero attached hydrogens (tertiary/aromatic N) is 1. The van der Waals surface area contributed by atoms with E-state index in [-0.39, 0.29) is 37.1 Å². The molecule has 3 aromatic rings. The quantitative estimate of drug-likeness (QED) is 0.276. The van der Waals surface area contributed by atoms with Crippen molar-refractivity contribution in [3.05, 3.63) is 70.5 Å². The molecule has 0 unspecified atom stereocenters. The second-order valence-corrected chi connectivity index (χ2v) is 11.5. The van der Waals surface area contributed by atoms with Crippen molar-refractivity contribution in [2.45, 2.75) is 58.5 Å². The molecule has 1 N–H and O–H groups in total. The Morgan fingerprint density at radius 1 is 1.29 bits per heavy atom. The van der Waals surface area contributed by atoms with Crippen molar-refractivity contribution in [1.29, 1.82) is 0 Å². The van der Waals surface area contributed by atoms with Gasteiger partial charge in [0.2, 0.25) is 5.88 Å². The fourth-order valence-electron chi connectivity index (χ4n) is 5.37. The molecule has 0 spiro atoms. The lowest BCUT2D eigenvalue weighted by atomic mass is 9.80. The van der Waals surface area contributed by atoms with Gasteiger partial charge < -0.3 is 14.6 Å². The van der Waals surface area contributed by atoms with Gasteiger partial charge in [0, 0.05) is 27.6 Å². The number of aromatic nitrogens is 1. The highest BCUT2D eigenvalue weighted by atomic mass is 32.1. The van der Waals surface area contributed by atoms with E-state index < -0.39 is 5.97 Å². The third-order valence-corrected chi connectivity index (χ3v) is 8.60. The number of methoxy groups -OCH3 is 1. The van der Waals surface area contributed by atoms with E-state index in [9.17, 15) is 14.3 Å². The minimum absolute atomic E-state index is 0. The van der Waals surface area contributed by atoms with E-state index in [4.69, 9.17) is 9.47 Å². The summed E-state index contributed by atoms with van der Waals surface area (Å²) in [7, 11) is 1.53. The van der Waals surface area contributed by atoms with Crippen molar-refractivity contribution >= 4 is 36.4 Å².